The van der Waals surface area contributed by atoms with E-state index >= 15 is 0 Å². The minimum absolute atomic E-state index is 0.0658. The summed E-state index contributed by atoms with van der Waals surface area (Å²) < 4.78 is 1.99. The number of anilines is 1. The van der Waals surface area contributed by atoms with Crippen molar-refractivity contribution in [1.82, 2.24) is 19.4 Å². The molecule has 2 aromatic heterocycles. The third kappa shape index (κ3) is 2.94. The molecule has 0 amide bonds. The average molecular weight is 399 g/mol. The molecule has 3 aliphatic rings. The van der Waals surface area contributed by atoms with E-state index in [1.807, 2.05) is 4.57 Å². The molecular formula is C24H25N5O. The van der Waals surface area contributed by atoms with Gasteiger partial charge in [0.2, 0.25) is 0 Å². The van der Waals surface area contributed by atoms with E-state index in [9.17, 15) is 4.79 Å². The predicted molar refractivity (Wildman–Crippen MR) is 116 cm³/mol. The summed E-state index contributed by atoms with van der Waals surface area (Å²) in [5, 5.41) is 0. The molecule has 2 bridgehead atoms. The average Bonchev–Trinajstić information content (AvgIpc) is 3.19. The number of nitrogen functional groups attached to an aromatic ring is 1. The van der Waals surface area contributed by atoms with E-state index in [-0.39, 0.29) is 5.56 Å². The van der Waals surface area contributed by atoms with E-state index in [0.29, 0.717) is 29.4 Å². The first-order valence-electron chi connectivity index (χ1n) is 10.8. The SMILES string of the molecule is Nc1cc(-c2cc3n(c(=O)c2)C[C@H]2C[C@@H]3CN(C3Cc4ccccc4C3)C2)ncn1. The van der Waals surface area contributed by atoms with Crippen molar-refractivity contribution in [3.8, 4) is 11.3 Å². The summed E-state index contributed by atoms with van der Waals surface area (Å²) in [7, 11) is 0. The minimum atomic E-state index is 0.0658. The lowest BCUT2D eigenvalue weighted by Crippen LogP contribution is -2.50. The van der Waals surface area contributed by atoms with Crippen LogP contribution in [0.5, 0.6) is 0 Å². The number of piperidine rings is 1. The number of nitrogens with two attached hydrogens (primary N) is 1. The molecular weight excluding hydrogens is 374 g/mol. The Morgan fingerprint density at radius 3 is 2.53 bits per heavy atom. The first kappa shape index (κ1) is 17.8. The molecule has 0 saturated carbocycles. The molecule has 4 heterocycles. The molecule has 2 N–H and O–H groups in total. The Morgan fingerprint density at radius 1 is 0.967 bits per heavy atom. The first-order valence-corrected chi connectivity index (χ1v) is 10.8. The van der Waals surface area contributed by atoms with Crippen LogP contribution < -0.4 is 11.3 Å². The molecule has 6 heteroatoms. The van der Waals surface area contributed by atoms with Crippen molar-refractivity contribution in [3.05, 3.63) is 76.0 Å². The maximum Gasteiger partial charge on any atom is 0.251 e. The van der Waals surface area contributed by atoms with Crippen LogP contribution in [0.15, 0.2) is 53.6 Å². The highest BCUT2D eigenvalue weighted by Crippen LogP contribution is 2.39. The predicted octanol–water partition coefficient (Wildman–Crippen LogP) is 2.47. The van der Waals surface area contributed by atoms with Crippen LogP contribution in [0.25, 0.3) is 11.3 Å². The van der Waals surface area contributed by atoms with Gasteiger partial charge in [-0.25, -0.2) is 9.97 Å². The van der Waals surface area contributed by atoms with Gasteiger partial charge in [0.15, 0.2) is 0 Å². The molecule has 30 heavy (non-hydrogen) atoms. The molecule has 1 aromatic carbocycles. The third-order valence-electron chi connectivity index (χ3n) is 7.11. The Hall–Kier alpha value is -2.99. The standard InChI is InChI=1S/C24H25N5O/c25-23-10-21(26-14-27-23)18-8-22-19-5-15(12-29(22)24(30)9-18)11-28(13-19)20-6-16-3-1-2-4-17(16)7-20/h1-4,8-10,14-15,19-20H,5-7,11-13H2,(H2,25,26,27)/t15-,19+/m0/s1. The third-order valence-corrected chi connectivity index (χ3v) is 7.11. The topological polar surface area (TPSA) is 77.0 Å². The van der Waals surface area contributed by atoms with Crippen molar-refractivity contribution in [2.45, 2.75) is 37.8 Å². The molecule has 152 valence electrons. The number of benzene rings is 1. The molecule has 0 radical (unpaired) electrons. The van der Waals surface area contributed by atoms with E-state index in [0.717, 1.165) is 50.2 Å². The summed E-state index contributed by atoms with van der Waals surface area (Å²) in [6.07, 6.45) is 4.90. The summed E-state index contributed by atoms with van der Waals surface area (Å²) >= 11 is 0. The number of pyridine rings is 1. The van der Waals surface area contributed by atoms with E-state index in [1.54, 1.807) is 12.1 Å². The Balaban J connectivity index is 1.32. The lowest BCUT2D eigenvalue weighted by Gasteiger charge is -2.45. The Morgan fingerprint density at radius 2 is 1.77 bits per heavy atom. The van der Waals surface area contributed by atoms with E-state index in [4.69, 9.17) is 5.73 Å². The van der Waals surface area contributed by atoms with Crippen LogP contribution in [-0.2, 0) is 19.4 Å². The van der Waals surface area contributed by atoms with Crippen LogP contribution >= 0.6 is 0 Å². The fourth-order valence-electron chi connectivity index (χ4n) is 5.77. The maximum absolute atomic E-state index is 12.9. The fraction of sp³-hybridized carbons (Fsp3) is 0.375. The molecule has 6 nitrogen and oxygen atoms in total. The molecule has 3 aromatic rings. The van der Waals surface area contributed by atoms with Gasteiger partial charge in [-0.3, -0.25) is 9.69 Å². The van der Waals surface area contributed by atoms with Gasteiger partial charge in [-0.05, 0) is 42.4 Å². The smallest absolute Gasteiger partial charge is 0.251 e. The normalized spacial score (nSPS) is 23.2. The summed E-state index contributed by atoms with van der Waals surface area (Å²) in [5.41, 5.74) is 11.6. The minimum Gasteiger partial charge on any atom is -0.384 e. The molecule has 2 atom stereocenters. The Labute approximate surface area is 175 Å². The van der Waals surface area contributed by atoms with E-state index < -0.39 is 0 Å². The van der Waals surface area contributed by atoms with E-state index in [2.05, 4.69) is 45.2 Å². The number of hydrogen-bond donors (Lipinski definition) is 1. The second-order valence-electron chi connectivity index (χ2n) is 9.03. The lowest BCUT2D eigenvalue weighted by atomic mass is 9.82. The zero-order valence-electron chi connectivity index (χ0n) is 16.9. The Bertz CT molecular complexity index is 1160. The number of rotatable bonds is 2. The summed E-state index contributed by atoms with van der Waals surface area (Å²) in [4.78, 5) is 23.9. The number of nitrogens with zero attached hydrogens (tertiary/aromatic N) is 4. The second-order valence-corrected chi connectivity index (χ2v) is 9.03. The van der Waals surface area contributed by atoms with Gasteiger partial charge in [-0.15, -0.1) is 0 Å². The first-order chi connectivity index (χ1) is 14.6. The van der Waals surface area contributed by atoms with Crippen LogP contribution in [0.4, 0.5) is 5.82 Å². The molecule has 0 unspecified atom stereocenters. The highest BCUT2D eigenvalue weighted by atomic mass is 16.1. The fourth-order valence-corrected chi connectivity index (χ4v) is 5.77. The highest BCUT2D eigenvalue weighted by Gasteiger charge is 2.38. The van der Waals surface area contributed by atoms with Gasteiger partial charge in [-0.2, -0.15) is 0 Å². The number of aromatic nitrogens is 3. The highest BCUT2D eigenvalue weighted by molar-refractivity contribution is 5.61. The van der Waals surface area contributed by atoms with Crippen molar-refractivity contribution in [3.63, 3.8) is 0 Å². The second kappa shape index (κ2) is 6.77. The zero-order chi connectivity index (χ0) is 20.2. The summed E-state index contributed by atoms with van der Waals surface area (Å²) in [6, 6.07) is 15.0. The largest absolute Gasteiger partial charge is 0.384 e. The van der Waals surface area contributed by atoms with Crippen molar-refractivity contribution in [1.29, 1.82) is 0 Å². The van der Waals surface area contributed by atoms with Gasteiger partial charge in [0.1, 0.15) is 12.1 Å². The van der Waals surface area contributed by atoms with Crippen molar-refractivity contribution in [2.24, 2.45) is 5.92 Å². The molecule has 6 rings (SSSR count). The van der Waals surface area contributed by atoms with Gasteiger partial charge < -0.3 is 10.3 Å². The number of hydrogen-bond acceptors (Lipinski definition) is 5. The van der Waals surface area contributed by atoms with Gasteiger partial charge >= 0.3 is 0 Å². The van der Waals surface area contributed by atoms with Gasteiger partial charge in [0.25, 0.3) is 5.56 Å². The van der Waals surface area contributed by atoms with Crippen molar-refractivity contribution >= 4 is 5.82 Å². The van der Waals surface area contributed by atoms with Crippen molar-refractivity contribution < 1.29 is 0 Å². The van der Waals surface area contributed by atoms with Crippen LogP contribution in [-0.4, -0.2) is 38.6 Å². The molecule has 2 aliphatic heterocycles. The number of likely N-dealkylation sites (tertiary alicyclic amines) is 1. The summed E-state index contributed by atoms with van der Waals surface area (Å²) in [5.74, 6) is 1.34. The lowest BCUT2D eigenvalue weighted by molar-refractivity contribution is 0.0848. The number of fused-ring (bicyclic) bond motifs is 5. The van der Waals surface area contributed by atoms with Crippen LogP contribution in [0.1, 0.15) is 29.2 Å². The van der Waals surface area contributed by atoms with Crippen LogP contribution in [0.3, 0.4) is 0 Å². The molecule has 1 aliphatic carbocycles. The van der Waals surface area contributed by atoms with E-state index in [1.165, 1.54) is 17.5 Å². The van der Waals surface area contributed by atoms with Crippen LogP contribution in [0, 0.1) is 5.92 Å². The van der Waals surface area contributed by atoms with Crippen molar-refractivity contribution in [2.75, 3.05) is 18.8 Å². The quantitative estimate of drug-likeness (QED) is 0.716. The zero-order valence-corrected chi connectivity index (χ0v) is 16.9. The Kier molecular flexibility index (Phi) is 4.03. The molecule has 1 saturated heterocycles. The van der Waals surface area contributed by atoms with Gasteiger partial charge in [0, 0.05) is 55.0 Å². The summed E-state index contributed by atoms with van der Waals surface area (Å²) in [6.45, 7) is 2.92. The van der Waals surface area contributed by atoms with Crippen LogP contribution in [0.2, 0.25) is 0 Å². The molecule has 1 fully saturated rings. The molecule has 0 spiro atoms. The monoisotopic (exact) mass is 399 g/mol. The maximum atomic E-state index is 12.9. The van der Waals surface area contributed by atoms with Gasteiger partial charge in [0.05, 0.1) is 5.69 Å². The van der Waals surface area contributed by atoms with Gasteiger partial charge in [-0.1, -0.05) is 24.3 Å².